The summed E-state index contributed by atoms with van der Waals surface area (Å²) < 4.78 is 6.06. The van der Waals surface area contributed by atoms with Gasteiger partial charge in [0.05, 0.1) is 6.10 Å². The Morgan fingerprint density at radius 2 is 2.04 bits per heavy atom. The van der Waals surface area contributed by atoms with Crippen molar-refractivity contribution in [3.8, 4) is 5.75 Å². The van der Waals surface area contributed by atoms with Crippen LogP contribution in [0.4, 0.5) is 0 Å². The first-order chi connectivity index (χ1) is 11.5. The average molecular weight is 335 g/mol. The Hall–Kier alpha value is -1.75. The minimum absolute atomic E-state index is 0.215. The average Bonchev–Trinajstić information content (AvgIpc) is 2.58. The molecule has 0 aliphatic heterocycles. The van der Waals surface area contributed by atoms with E-state index in [9.17, 15) is 0 Å². The first-order valence-corrected chi connectivity index (χ1v) is 8.89. The summed E-state index contributed by atoms with van der Waals surface area (Å²) in [5.41, 5.74) is 2.36. The van der Waals surface area contributed by atoms with Gasteiger partial charge in [-0.05, 0) is 45.5 Å². The molecule has 0 amide bonds. The van der Waals surface area contributed by atoms with E-state index < -0.39 is 0 Å². The van der Waals surface area contributed by atoms with Crippen molar-refractivity contribution >= 4 is 5.96 Å². The second-order valence-corrected chi connectivity index (χ2v) is 6.20. The SMILES string of the molecule is CCC(C)Oc1cc(C)ccc1CNC(=NC)NCCN(C)CC. The van der Waals surface area contributed by atoms with Crippen LogP contribution in [0.3, 0.4) is 0 Å². The highest BCUT2D eigenvalue weighted by Crippen LogP contribution is 2.22. The molecule has 0 saturated carbocycles. The smallest absolute Gasteiger partial charge is 0.191 e. The molecule has 0 heterocycles. The summed E-state index contributed by atoms with van der Waals surface area (Å²) in [7, 11) is 3.91. The zero-order valence-electron chi connectivity index (χ0n) is 16.1. The van der Waals surface area contributed by atoms with Crippen molar-refractivity contribution in [1.29, 1.82) is 0 Å². The Balaban J connectivity index is 2.61. The Morgan fingerprint density at radius 1 is 1.29 bits per heavy atom. The van der Waals surface area contributed by atoms with E-state index in [1.807, 2.05) is 0 Å². The quantitative estimate of drug-likeness (QED) is 0.538. The molecule has 0 radical (unpaired) electrons. The van der Waals surface area contributed by atoms with Gasteiger partial charge in [-0.25, -0.2) is 0 Å². The molecule has 1 aromatic carbocycles. The first kappa shape index (κ1) is 20.3. The fourth-order valence-corrected chi connectivity index (χ4v) is 2.14. The van der Waals surface area contributed by atoms with Crippen molar-refractivity contribution in [3.63, 3.8) is 0 Å². The fraction of sp³-hybridized carbons (Fsp3) is 0.632. The van der Waals surface area contributed by atoms with Crippen LogP contribution in [-0.4, -0.2) is 50.7 Å². The minimum atomic E-state index is 0.215. The van der Waals surface area contributed by atoms with Crippen LogP contribution in [0, 0.1) is 6.92 Å². The van der Waals surface area contributed by atoms with Crippen LogP contribution < -0.4 is 15.4 Å². The van der Waals surface area contributed by atoms with E-state index in [1.54, 1.807) is 7.05 Å². The number of rotatable bonds is 9. The molecule has 24 heavy (non-hydrogen) atoms. The van der Waals surface area contributed by atoms with Gasteiger partial charge >= 0.3 is 0 Å². The zero-order chi connectivity index (χ0) is 17.9. The fourth-order valence-electron chi connectivity index (χ4n) is 2.14. The van der Waals surface area contributed by atoms with Crippen molar-refractivity contribution in [2.45, 2.75) is 46.8 Å². The molecule has 1 rings (SSSR count). The number of guanidine groups is 1. The molecule has 1 unspecified atom stereocenters. The van der Waals surface area contributed by atoms with Crippen molar-refractivity contribution in [1.82, 2.24) is 15.5 Å². The van der Waals surface area contributed by atoms with Crippen LogP contribution in [0.5, 0.6) is 5.75 Å². The number of ether oxygens (including phenoxy) is 1. The van der Waals surface area contributed by atoms with Crippen molar-refractivity contribution in [2.24, 2.45) is 4.99 Å². The highest BCUT2D eigenvalue weighted by Gasteiger charge is 2.08. The highest BCUT2D eigenvalue weighted by atomic mass is 16.5. The van der Waals surface area contributed by atoms with Crippen molar-refractivity contribution in [2.75, 3.05) is 33.7 Å². The van der Waals surface area contributed by atoms with Gasteiger partial charge < -0.3 is 20.3 Å². The number of likely N-dealkylation sites (N-methyl/N-ethyl adjacent to an activating group) is 1. The van der Waals surface area contributed by atoms with Crippen LogP contribution in [0.1, 0.15) is 38.3 Å². The van der Waals surface area contributed by atoms with Gasteiger partial charge in [0.1, 0.15) is 5.75 Å². The van der Waals surface area contributed by atoms with Crippen LogP contribution in [0.15, 0.2) is 23.2 Å². The number of hydrogen-bond donors (Lipinski definition) is 2. The number of nitrogens with zero attached hydrogens (tertiary/aromatic N) is 2. The standard InChI is InChI=1S/C19H34N4O/c1-7-16(4)24-18-13-15(3)9-10-17(18)14-22-19(20-5)21-11-12-23(6)8-2/h9-10,13,16H,7-8,11-12,14H2,1-6H3,(H2,20,21,22). The van der Waals surface area contributed by atoms with Crippen molar-refractivity contribution < 1.29 is 4.74 Å². The molecule has 0 saturated heterocycles. The maximum Gasteiger partial charge on any atom is 0.191 e. The van der Waals surface area contributed by atoms with Crippen LogP contribution in [0.2, 0.25) is 0 Å². The zero-order valence-corrected chi connectivity index (χ0v) is 16.1. The lowest BCUT2D eigenvalue weighted by Gasteiger charge is -2.19. The predicted molar refractivity (Wildman–Crippen MR) is 103 cm³/mol. The Bertz CT molecular complexity index is 516. The van der Waals surface area contributed by atoms with Gasteiger partial charge in [-0.15, -0.1) is 0 Å². The number of aliphatic imine (C=N–C) groups is 1. The highest BCUT2D eigenvalue weighted by molar-refractivity contribution is 5.79. The largest absolute Gasteiger partial charge is 0.490 e. The molecule has 0 spiro atoms. The topological polar surface area (TPSA) is 48.9 Å². The van der Waals surface area contributed by atoms with Crippen LogP contribution >= 0.6 is 0 Å². The second-order valence-electron chi connectivity index (χ2n) is 6.20. The minimum Gasteiger partial charge on any atom is -0.490 e. The normalized spacial score (nSPS) is 13.0. The molecule has 5 nitrogen and oxygen atoms in total. The predicted octanol–water partition coefficient (Wildman–Crippen LogP) is 2.79. The summed E-state index contributed by atoms with van der Waals surface area (Å²) in [6.45, 7) is 12.1. The lowest BCUT2D eigenvalue weighted by Crippen LogP contribution is -2.40. The molecule has 0 aliphatic rings. The molecule has 0 fully saturated rings. The third kappa shape index (κ3) is 7.21. The molecule has 136 valence electrons. The van der Waals surface area contributed by atoms with Crippen LogP contribution in [0.25, 0.3) is 0 Å². The van der Waals surface area contributed by atoms with E-state index in [2.05, 4.69) is 73.5 Å². The number of hydrogen-bond acceptors (Lipinski definition) is 3. The molecule has 5 heteroatoms. The van der Waals surface area contributed by atoms with Gasteiger partial charge in [-0.3, -0.25) is 4.99 Å². The summed E-state index contributed by atoms with van der Waals surface area (Å²) in [6.07, 6.45) is 1.21. The summed E-state index contributed by atoms with van der Waals surface area (Å²) in [5, 5.41) is 6.71. The van der Waals surface area contributed by atoms with E-state index in [-0.39, 0.29) is 6.10 Å². The molecule has 1 atom stereocenters. The van der Waals surface area contributed by atoms with E-state index >= 15 is 0 Å². The van der Waals surface area contributed by atoms with Gasteiger partial charge in [0, 0.05) is 32.2 Å². The molecular formula is C19H34N4O. The third-order valence-electron chi connectivity index (χ3n) is 4.12. The van der Waals surface area contributed by atoms with Crippen LogP contribution in [-0.2, 0) is 6.54 Å². The number of benzene rings is 1. The van der Waals surface area contributed by atoms with E-state index in [1.165, 1.54) is 5.56 Å². The Labute approximate surface area is 147 Å². The maximum atomic E-state index is 6.06. The molecular weight excluding hydrogens is 300 g/mol. The third-order valence-corrected chi connectivity index (χ3v) is 4.12. The summed E-state index contributed by atoms with van der Waals surface area (Å²) in [5.74, 6) is 1.77. The van der Waals surface area contributed by atoms with Crippen molar-refractivity contribution in [3.05, 3.63) is 29.3 Å². The maximum absolute atomic E-state index is 6.06. The lowest BCUT2D eigenvalue weighted by molar-refractivity contribution is 0.215. The summed E-state index contributed by atoms with van der Waals surface area (Å²) >= 11 is 0. The van der Waals surface area contributed by atoms with Gasteiger partial charge in [0.25, 0.3) is 0 Å². The van der Waals surface area contributed by atoms with Gasteiger partial charge in [-0.2, -0.15) is 0 Å². The van der Waals surface area contributed by atoms with Gasteiger partial charge in [0.2, 0.25) is 0 Å². The van der Waals surface area contributed by atoms with E-state index in [0.29, 0.717) is 6.54 Å². The molecule has 0 bridgehead atoms. The monoisotopic (exact) mass is 334 g/mol. The first-order valence-electron chi connectivity index (χ1n) is 8.89. The lowest BCUT2D eigenvalue weighted by atomic mass is 10.1. The van der Waals surface area contributed by atoms with Gasteiger partial charge in [-0.1, -0.05) is 26.0 Å². The Morgan fingerprint density at radius 3 is 2.67 bits per heavy atom. The molecule has 0 aliphatic carbocycles. The summed E-state index contributed by atoms with van der Waals surface area (Å²) in [4.78, 5) is 6.55. The van der Waals surface area contributed by atoms with E-state index in [4.69, 9.17) is 4.74 Å². The van der Waals surface area contributed by atoms with Gasteiger partial charge in [0.15, 0.2) is 5.96 Å². The molecule has 0 aromatic heterocycles. The second kappa shape index (κ2) is 10.9. The number of aryl methyl sites for hydroxylation is 1. The molecule has 1 aromatic rings. The summed E-state index contributed by atoms with van der Waals surface area (Å²) in [6, 6.07) is 6.35. The number of nitrogens with one attached hydrogen (secondary N) is 2. The van der Waals surface area contributed by atoms with E-state index in [0.717, 1.165) is 43.3 Å². The molecule has 2 N–H and O–H groups in total. The Kier molecular flexibility index (Phi) is 9.23.